The maximum atomic E-state index is 12.4. The van der Waals surface area contributed by atoms with Gasteiger partial charge in [0.15, 0.2) is 17.3 Å². The maximum absolute atomic E-state index is 12.4. The van der Waals surface area contributed by atoms with Crippen LogP contribution in [0, 0.1) is 0 Å². The van der Waals surface area contributed by atoms with Crippen molar-refractivity contribution in [3.05, 3.63) is 54.1 Å². The van der Waals surface area contributed by atoms with Crippen molar-refractivity contribution < 1.29 is 27.9 Å². The molecule has 8 heteroatoms. The highest BCUT2D eigenvalue weighted by Crippen LogP contribution is 2.32. The number of hydrogen-bond acceptors (Lipinski definition) is 7. The number of nitrogens with zero attached hydrogens (tertiary/aromatic N) is 2. The van der Waals surface area contributed by atoms with Crippen LogP contribution in [0.5, 0.6) is 11.5 Å². The highest BCUT2D eigenvalue weighted by Gasteiger charge is 2.18. The summed E-state index contributed by atoms with van der Waals surface area (Å²) in [4.78, 5) is 14.0. The molecule has 0 atom stereocenters. The van der Waals surface area contributed by atoms with Crippen LogP contribution in [0.1, 0.15) is 11.5 Å². The van der Waals surface area contributed by atoms with Crippen LogP contribution >= 0.6 is 0 Å². The molecule has 0 radical (unpaired) electrons. The number of aromatic nitrogens is 1. The van der Waals surface area contributed by atoms with Crippen molar-refractivity contribution >= 4 is 5.91 Å². The molecule has 3 rings (SSSR count). The molecule has 0 fully saturated rings. The Morgan fingerprint density at radius 2 is 1.89 bits per heavy atom. The molecule has 0 unspecified atom stereocenters. The molecule has 0 aliphatic carbocycles. The van der Waals surface area contributed by atoms with E-state index >= 15 is 0 Å². The molecule has 0 saturated carbocycles. The number of benzene rings is 1. The number of furan rings is 1. The minimum Gasteiger partial charge on any atom is -0.493 e. The Morgan fingerprint density at radius 3 is 2.57 bits per heavy atom. The molecular formula is C20H22N2O6. The summed E-state index contributed by atoms with van der Waals surface area (Å²) in [6, 6.07) is 10.8. The topological polar surface area (TPSA) is 87.2 Å². The third-order valence-electron chi connectivity index (χ3n) is 4.13. The standard InChI is InChI=1S/C20H22N2O6/c1-24-13-20(23)22(12-16-5-4-8-27-16)11-15-10-18(28-21-15)14-6-7-17(25-2)19(9-14)26-3/h4-10H,11-13H2,1-3H3. The lowest BCUT2D eigenvalue weighted by Crippen LogP contribution is -2.32. The lowest BCUT2D eigenvalue weighted by molar-refractivity contribution is -0.136. The van der Waals surface area contributed by atoms with Crippen molar-refractivity contribution in [1.29, 1.82) is 0 Å². The zero-order valence-corrected chi connectivity index (χ0v) is 16.0. The van der Waals surface area contributed by atoms with Crippen molar-refractivity contribution in [2.45, 2.75) is 13.1 Å². The number of amides is 1. The number of methoxy groups -OCH3 is 3. The largest absolute Gasteiger partial charge is 0.493 e. The van der Waals surface area contributed by atoms with E-state index in [0.29, 0.717) is 35.3 Å². The highest BCUT2D eigenvalue weighted by molar-refractivity contribution is 5.77. The SMILES string of the molecule is COCC(=O)N(Cc1cc(-c2ccc(OC)c(OC)c2)on1)Cc1ccco1. The average molecular weight is 386 g/mol. The monoisotopic (exact) mass is 386 g/mol. The minimum absolute atomic E-state index is 0.0267. The van der Waals surface area contributed by atoms with Crippen molar-refractivity contribution in [2.24, 2.45) is 0 Å². The molecule has 0 aliphatic rings. The first-order valence-corrected chi connectivity index (χ1v) is 8.61. The second-order valence-electron chi connectivity index (χ2n) is 6.01. The summed E-state index contributed by atoms with van der Waals surface area (Å²) < 4.78 is 26.4. The fourth-order valence-electron chi connectivity index (χ4n) is 2.75. The van der Waals surface area contributed by atoms with Crippen molar-refractivity contribution in [3.63, 3.8) is 0 Å². The van der Waals surface area contributed by atoms with Crippen LogP contribution in [0.2, 0.25) is 0 Å². The molecule has 2 heterocycles. The van der Waals surface area contributed by atoms with Gasteiger partial charge in [0, 0.05) is 18.7 Å². The van der Waals surface area contributed by atoms with Crippen LogP contribution in [0.3, 0.4) is 0 Å². The summed E-state index contributed by atoms with van der Waals surface area (Å²) in [5.74, 6) is 2.28. The Morgan fingerprint density at radius 1 is 1.07 bits per heavy atom. The van der Waals surface area contributed by atoms with Crippen LogP contribution in [0.4, 0.5) is 0 Å². The molecule has 148 valence electrons. The van der Waals surface area contributed by atoms with Gasteiger partial charge in [-0.05, 0) is 30.3 Å². The zero-order chi connectivity index (χ0) is 19.9. The van der Waals surface area contributed by atoms with Gasteiger partial charge in [-0.1, -0.05) is 5.16 Å². The van der Waals surface area contributed by atoms with E-state index < -0.39 is 0 Å². The van der Waals surface area contributed by atoms with Crippen molar-refractivity contribution in [3.8, 4) is 22.8 Å². The second-order valence-corrected chi connectivity index (χ2v) is 6.01. The summed E-state index contributed by atoms with van der Waals surface area (Å²) in [6.45, 7) is 0.550. The van der Waals surface area contributed by atoms with Crippen molar-refractivity contribution in [1.82, 2.24) is 10.1 Å². The zero-order valence-electron chi connectivity index (χ0n) is 16.0. The Bertz CT molecular complexity index is 903. The highest BCUT2D eigenvalue weighted by atomic mass is 16.5. The molecule has 0 spiro atoms. The van der Waals surface area contributed by atoms with E-state index in [-0.39, 0.29) is 19.1 Å². The number of rotatable bonds is 9. The van der Waals surface area contributed by atoms with E-state index in [4.69, 9.17) is 23.2 Å². The van der Waals surface area contributed by atoms with Gasteiger partial charge in [-0.3, -0.25) is 4.79 Å². The van der Waals surface area contributed by atoms with Gasteiger partial charge in [0.05, 0.1) is 33.6 Å². The fourth-order valence-corrected chi connectivity index (χ4v) is 2.75. The summed E-state index contributed by atoms with van der Waals surface area (Å²) in [5.41, 5.74) is 1.40. The van der Waals surface area contributed by atoms with Gasteiger partial charge in [0.1, 0.15) is 18.1 Å². The average Bonchev–Trinajstić information content (AvgIpc) is 3.39. The fraction of sp³-hybridized carbons (Fsp3) is 0.300. The van der Waals surface area contributed by atoms with Crippen LogP contribution in [-0.4, -0.2) is 43.9 Å². The summed E-state index contributed by atoms with van der Waals surface area (Å²) >= 11 is 0. The molecule has 2 aromatic heterocycles. The molecule has 0 N–H and O–H groups in total. The van der Waals surface area contributed by atoms with Gasteiger partial charge < -0.3 is 28.1 Å². The van der Waals surface area contributed by atoms with E-state index in [2.05, 4.69) is 5.16 Å². The van der Waals surface area contributed by atoms with Gasteiger partial charge >= 0.3 is 0 Å². The van der Waals surface area contributed by atoms with E-state index in [0.717, 1.165) is 5.56 Å². The Labute approximate surface area is 162 Å². The number of hydrogen-bond donors (Lipinski definition) is 0. The number of ether oxygens (including phenoxy) is 3. The third kappa shape index (κ3) is 4.52. The molecule has 0 bridgehead atoms. The molecule has 8 nitrogen and oxygen atoms in total. The first-order valence-electron chi connectivity index (χ1n) is 8.61. The van der Waals surface area contributed by atoms with Gasteiger partial charge in [0.2, 0.25) is 5.91 Å². The summed E-state index contributed by atoms with van der Waals surface area (Å²) in [5, 5.41) is 4.09. The molecular weight excluding hydrogens is 364 g/mol. The summed E-state index contributed by atoms with van der Waals surface area (Å²) in [7, 11) is 4.63. The van der Waals surface area contributed by atoms with Gasteiger partial charge in [0.25, 0.3) is 0 Å². The van der Waals surface area contributed by atoms with Crippen LogP contribution < -0.4 is 9.47 Å². The summed E-state index contributed by atoms with van der Waals surface area (Å²) in [6.07, 6.45) is 1.57. The first kappa shape index (κ1) is 19.5. The normalized spacial score (nSPS) is 10.7. The van der Waals surface area contributed by atoms with Gasteiger partial charge in [-0.2, -0.15) is 0 Å². The third-order valence-corrected chi connectivity index (χ3v) is 4.13. The molecule has 0 saturated heterocycles. The maximum Gasteiger partial charge on any atom is 0.249 e. The molecule has 0 aliphatic heterocycles. The van der Waals surface area contributed by atoms with E-state index in [9.17, 15) is 4.79 Å². The van der Waals surface area contributed by atoms with Crippen LogP contribution in [0.15, 0.2) is 51.6 Å². The number of carbonyl (C=O) groups is 1. The Balaban J connectivity index is 1.78. The van der Waals surface area contributed by atoms with Crippen LogP contribution in [-0.2, 0) is 22.6 Å². The quantitative estimate of drug-likeness (QED) is 0.558. The predicted molar refractivity (Wildman–Crippen MR) is 99.9 cm³/mol. The number of carbonyl (C=O) groups excluding carboxylic acids is 1. The molecule has 1 amide bonds. The van der Waals surface area contributed by atoms with Gasteiger partial charge in [-0.15, -0.1) is 0 Å². The van der Waals surface area contributed by atoms with E-state index in [1.54, 1.807) is 49.6 Å². The smallest absolute Gasteiger partial charge is 0.249 e. The molecule has 1 aromatic carbocycles. The van der Waals surface area contributed by atoms with E-state index in [1.807, 2.05) is 12.1 Å². The van der Waals surface area contributed by atoms with Crippen LogP contribution in [0.25, 0.3) is 11.3 Å². The molecule has 28 heavy (non-hydrogen) atoms. The van der Waals surface area contributed by atoms with E-state index in [1.165, 1.54) is 7.11 Å². The predicted octanol–water partition coefficient (Wildman–Crippen LogP) is 3.13. The van der Waals surface area contributed by atoms with Gasteiger partial charge in [-0.25, -0.2) is 0 Å². The lowest BCUT2D eigenvalue weighted by atomic mass is 10.1. The molecule has 3 aromatic rings. The first-order chi connectivity index (χ1) is 13.6. The second kappa shape index (κ2) is 9.09. The van der Waals surface area contributed by atoms with Crippen molar-refractivity contribution in [2.75, 3.05) is 27.9 Å². The Hall–Kier alpha value is -3.26. The minimum atomic E-state index is -0.172. The lowest BCUT2D eigenvalue weighted by Gasteiger charge is -2.19. The Kier molecular flexibility index (Phi) is 6.33.